The Morgan fingerprint density at radius 1 is 0.852 bits per heavy atom. The van der Waals surface area contributed by atoms with E-state index in [9.17, 15) is 9.59 Å². The first-order valence-electron chi connectivity index (χ1n) is 9.49. The molecule has 7 heteroatoms. The summed E-state index contributed by atoms with van der Waals surface area (Å²) < 4.78 is 10.3. The monoisotopic (exact) mass is 379 g/mol. The lowest BCUT2D eigenvalue weighted by Gasteiger charge is -2.19. The third-order valence-electron chi connectivity index (χ3n) is 3.46. The SMILES string of the molecule is CC(C)(C)OC(=O)NCCCCNCCCNC(=O)OCc1ccccc1. The molecule has 0 fully saturated rings. The molecule has 1 rings (SSSR count). The Labute approximate surface area is 162 Å². The first-order valence-corrected chi connectivity index (χ1v) is 9.49. The summed E-state index contributed by atoms with van der Waals surface area (Å²) in [7, 11) is 0. The van der Waals surface area contributed by atoms with Gasteiger partial charge in [-0.3, -0.25) is 0 Å². The molecule has 1 aromatic carbocycles. The quantitative estimate of drug-likeness (QED) is 0.514. The van der Waals surface area contributed by atoms with E-state index in [0.717, 1.165) is 37.9 Å². The summed E-state index contributed by atoms with van der Waals surface area (Å²) in [5, 5.41) is 8.78. The van der Waals surface area contributed by atoms with Crippen LogP contribution in [0.25, 0.3) is 0 Å². The Bertz CT molecular complexity index is 544. The number of carbonyl (C=O) groups excluding carboxylic acids is 2. The summed E-state index contributed by atoms with van der Waals surface area (Å²) in [6, 6.07) is 9.58. The van der Waals surface area contributed by atoms with E-state index in [1.165, 1.54) is 0 Å². The fraction of sp³-hybridized carbons (Fsp3) is 0.600. The fourth-order valence-electron chi connectivity index (χ4n) is 2.18. The number of ether oxygens (including phenoxy) is 2. The zero-order valence-electron chi connectivity index (χ0n) is 16.7. The van der Waals surface area contributed by atoms with Crippen molar-refractivity contribution in [2.75, 3.05) is 26.2 Å². The van der Waals surface area contributed by atoms with E-state index < -0.39 is 11.7 Å². The number of amides is 2. The number of hydrogen-bond acceptors (Lipinski definition) is 5. The highest BCUT2D eigenvalue weighted by Gasteiger charge is 2.15. The van der Waals surface area contributed by atoms with Gasteiger partial charge in [0.25, 0.3) is 0 Å². The normalized spacial score (nSPS) is 10.9. The van der Waals surface area contributed by atoms with Crippen LogP contribution in [0.15, 0.2) is 30.3 Å². The minimum atomic E-state index is -0.465. The van der Waals surface area contributed by atoms with Crippen LogP contribution >= 0.6 is 0 Å². The van der Waals surface area contributed by atoms with Gasteiger partial charge >= 0.3 is 12.2 Å². The molecule has 0 saturated heterocycles. The van der Waals surface area contributed by atoms with Crippen LogP contribution in [0.1, 0.15) is 45.6 Å². The Balaban J connectivity index is 1.87. The first kappa shape index (κ1) is 22.8. The van der Waals surface area contributed by atoms with Crippen LogP contribution in [-0.4, -0.2) is 44.0 Å². The Hall–Kier alpha value is -2.28. The molecule has 2 amide bonds. The molecule has 3 N–H and O–H groups in total. The second-order valence-corrected chi connectivity index (χ2v) is 7.23. The van der Waals surface area contributed by atoms with Gasteiger partial charge in [0.15, 0.2) is 0 Å². The summed E-state index contributed by atoms with van der Waals surface area (Å²) in [5.74, 6) is 0. The van der Waals surface area contributed by atoms with Crippen molar-refractivity contribution in [3.8, 4) is 0 Å². The van der Waals surface area contributed by atoms with Gasteiger partial charge in [0.1, 0.15) is 12.2 Å². The highest BCUT2D eigenvalue weighted by molar-refractivity contribution is 5.67. The van der Waals surface area contributed by atoms with Crippen molar-refractivity contribution in [1.82, 2.24) is 16.0 Å². The first-order chi connectivity index (χ1) is 12.9. The smallest absolute Gasteiger partial charge is 0.407 e. The van der Waals surface area contributed by atoms with E-state index in [4.69, 9.17) is 9.47 Å². The average Bonchev–Trinajstić information content (AvgIpc) is 2.61. The summed E-state index contributed by atoms with van der Waals surface area (Å²) in [6.07, 6.45) is 1.91. The van der Waals surface area contributed by atoms with Crippen LogP contribution < -0.4 is 16.0 Å². The van der Waals surface area contributed by atoms with E-state index >= 15 is 0 Å². The number of nitrogens with one attached hydrogen (secondary N) is 3. The topological polar surface area (TPSA) is 88.7 Å². The molecule has 152 valence electrons. The van der Waals surface area contributed by atoms with Crippen molar-refractivity contribution in [2.24, 2.45) is 0 Å². The summed E-state index contributed by atoms with van der Waals surface area (Å²) in [4.78, 5) is 23.0. The second kappa shape index (κ2) is 13.0. The number of unbranched alkanes of at least 4 members (excludes halogenated alkanes) is 1. The van der Waals surface area contributed by atoms with E-state index in [1.807, 2.05) is 51.1 Å². The van der Waals surface area contributed by atoms with Gasteiger partial charge in [0.2, 0.25) is 0 Å². The number of alkyl carbamates (subject to hydrolysis) is 2. The van der Waals surface area contributed by atoms with Gasteiger partial charge in [0.05, 0.1) is 0 Å². The maximum Gasteiger partial charge on any atom is 0.407 e. The van der Waals surface area contributed by atoms with Crippen LogP contribution in [-0.2, 0) is 16.1 Å². The summed E-state index contributed by atoms with van der Waals surface area (Å²) >= 11 is 0. The highest BCUT2D eigenvalue weighted by Crippen LogP contribution is 2.06. The molecule has 0 aromatic heterocycles. The predicted octanol–water partition coefficient (Wildman–Crippen LogP) is 3.20. The third kappa shape index (κ3) is 13.6. The Kier molecular flexibility index (Phi) is 10.9. The van der Waals surface area contributed by atoms with Gasteiger partial charge in [-0.15, -0.1) is 0 Å². The predicted molar refractivity (Wildman–Crippen MR) is 106 cm³/mol. The molecular weight excluding hydrogens is 346 g/mol. The van der Waals surface area contributed by atoms with Crippen LogP contribution in [0.3, 0.4) is 0 Å². The Morgan fingerprint density at radius 2 is 1.44 bits per heavy atom. The van der Waals surface area contributed by atoms with Crippen molar-refractivity contribution < 1.29 is 19.1 Å². The molecule has 0 aliphatic carbocycles. The molecule has 0 aliphatic heterocycles. The zero-order valence-corrected chi connectivity index (χ0v) is 16.7. The molecular formula is C20H33N3O4. The molecule has 0 spiro atoms. The second-order valence-electron chi connectivity index (χ2n) is 7.23. The van der Waals surface area contributed by atoms with E-state index in [1.54, 1.807) is 0 Å². The molecule has 0 bridgehead atoms. The molecule has 1 aromatic rings. The van der Waals surface area contributed by atoms with Gasteiger partial charge in [-0.05, 0) is 58.7 Å². The summed E-state index contributed by atoms with van der Waals surface area (Å²) in [6.45, 7) is 8.67. The van der Waals surface area contributed by atoms with Gasteiger partial charge in [0, 0.05) is 13.1 Å². The van der Waals surface area contributed by atoms with Crippen LogP contribution in [0, 0.1) is 0 Å². The minimum Gasteiger partial charge on any atom is -0.445 e. The standard InChI is InChI=1S/C20H33N3O4/c1-20(2,3)27-19(25)23-14-8-7-12-21-13-9-15-22-18(24)26-16-17-10-5-4-6-11-17/h4-6,10-11,21H,7-9,12-16H2,1-3H3,(H,22,24)(H,23,25). The summed E-state index contributed by atoms with van der Waals surface area (Å²) in [5.41, 5.74) is 0.503. The van der Waals surface area contributed by atoms with E-state index in [2.05, 4.69) is 16.0 Å². The van der Waals surface area contributed by atoms with Crippen molar-refractivity contribution in [1.29, 1.82) is 0 Å². The lowest BCUT2D eigenvalue weighted by Crippen LogP contribution is -2.33. The maximum absolute atomic E-state index is 11.6. The average molecular weight is 380 g/mol. The van der Waals surface area contributed by atoms with Crippen LogP contribution in [0.2, 0.25) is 0 Å². The molecule has 27 heavy (non-hydrogen) atoms. The molecule has 0 aliphatic rings. The Morgan fingerprint density at radius 3 is 2.15 bits per heavy atom. The maximum atomic E-state index is 11.6. The zero-order chi connectivity index (χ0) is 20.0. The molecule has 0 heterocycles. The lowest BCUT2D eigenvalue weighted by atomic mass is 10.2. The molecule has 0 unspecified atom stereocenters. The van der Waals surface area contributed by atoms with Gasteiger partial charge in [-0.2, -0.15) is 0 Å². The number of benzene rings is 1. The highest BCUT2D eigenvalue weighted by atomic mass is 16.6. The van der Waals surface area contributed by atoms with Crippen molar-refractivity contribution >= 4 is 12.2 Å². The lowest BCUT2D eigenvalue weighted by molar-refractivity contribution is 0.0527. The number of carbonyl (C=O) groups is 2. The van der Waals surface area contributed by atoms with Gasteiger partial charge < -0.3 is 25.4 Å². The number of hydrogen-bond donors (Lipinski definition) is 3. The largest absolute Gasteiger partial charge is 0.445 e. The molecule has 0 radical (unpaired) electrons. The molecule has 7 nitrogen and oxygen atoms in total. The van der Waals surface area contributed by atoms with Crippen LogP contribution in [0.4, 0.5) is 9.59 Å². The number of rotatable bonds is 11. The molecule has 0 atom stereocenters. The van der Waals surface area contributed by atoms with Crippen LogP contribution in [0.5, 0.6) is 0 Å². The van der Waals surface area contributed by atoms with Gasteiger partial charge in [-0.1, -0.05) is 30.3 Å². The minimum absolute atomic E-state index is 0.280. The van der Waals surface area contributed by atoms with Gasteiger partial charge in [-0.25, -0.2) is 9.59 Å². The molecule has 0 saturated carbocycles. The van der Waals surface area contributed by atoms with Crippen molar-refractivity contribution in [3.05, 3.63) is 35.9 Å². The third-order valence-corrected chi connectivity index (χ3v) is 3.46. The van der Waals surface area contributed by atoms with Crippen molar-refractivity contribution in [3.63, 3.8) is 0 Å². The van der Waals surface area contributed by atoms with Crippen molar-refractivity contribution in [2.45, 2.75) is 52.2 Å². The fourth-order valence-corrected chi connectivity index (χ4v) is 2.18. The van der Waals surface area contributed by atoms with E-state index in [-0.39, 0.29) is 12.7 Å². The van der Waals surface area contributed by atoms with E-state index in [0.29, 0.717) is 13.1 Å².